The quantitative estimate of drug-likeness (QED) is 0.420. The number of nitro groups is 1. The molecule has 0 saturated carbocycles. The van der Waals surface area contributed by atoms with Gasteiger partial charge in [0, 0.05) is 43.0 Å². The molecule has 0 bridgehead atoms. The normalized spacial score (nSPS) is 14.1. The first-order valence-corrected chi connectivity index (χ1v) is 12.0. The average molecular weight is 457 g/mol. The summed E-state index contributed by atoms with van der Waals surface area (Å²) in [6, 6.07) is 12.8. The molecule has 2 aromatic rings. The molecule has 1 aliphatic rings. The monoisotopic (exact) mass is 456 g/mol. The number of nitrogens with zero attached hydrogens (tertiary/aromatic N) is 2. The van der Waals surface area contributed by atoms with Crippen molar-refractivity contribution < 1.29 is 14.5 Å². The summed E-state index contributed by atoms with van der Waals surface area (Å²) < 4.78 is 0. The average Bonchev–Trinajstić information content (AvgIpc) is 3.35. The minimum Gasteiger partial charge on any atom is -0.371 e. The Morgan fingerprint density at radius 2 is 1.91 bits per heavy atom. The topological polar surface area (TPSA) is 105 Å². The minimum atomic E-state index is -0.729. The molecule has 1 fully saturated rings. The van der Waals surface area contributed by atoms with Gasteiger partial charge in [0.05, 0.1) is 4.92 Å². The third kappa shape index (κ3) is 6.23. The molecule has 0 spiro atoms. The summed E-state index contributed by atoms with van der Waals surface area (Å²) in [5.41, 5.74) is 2.16. The largest absolute Gasteiger partial charge is 0.371 e. The van der Waals surface area contributed by atoms with Gasteiger partial charge >= 0.3 is 0 Å². The highest BCUT2D eigenvalue weighted by molar-refractivity contribution is 7.98. The van der Waals surface area contributed by atoms with Crippen molar-refractivity contribution in [1.82, 2.24) is 10.6 Å². The summed E-state index contributed by atoms with van der Waals surface area (Å²) in [5, 5.41) is 16.7. The minimum absolute atomic E-state index is 0.153. The lowest BCUT2D eigenvalue weighted by molar-refractivity contribution is -0.384. The molecule has 1 atom stereocenters. The van der Waals surface area contributed by atoms with E-state index in [-0.39, 0.29) is 17.2 Å². The Morgan fingerprint density at radius 3 is 2.62 bits per heavy atom. The van der Waals surface area contributed by atoms with Crippen LogP contribution in [0.2, 0.25) is 0 Å². The molecule has 32 heavy (non-hydrogen) atoms. The maximum atomic E-state index is 12.9. The van der Waals surface area contributed by atoms with Gasteiger partial charge in [-0.15, -0.1) is 0 Å². The Bertz CT molecular complexity index is 963. The van der Waals surface area contributed by atoms with Crippen molar-refractivity contribution in [2.24, 2.45) is 0 Å². The van der Waals surface area contributed by atoms with Crippen LogP contribution in [0, 0.1) is 10.1 Å². The van der Waals surface area contributed by atoms with Crippen molar-refractivity contribution in [3.05, 3.63) is 69.8 Å². The molecule has 1 heterocycles. The first-order valence-electron chi connectivity index (χ1n) is 10.6. The van der Waals surface area contributed by atoms with Crippen LogP contribution in [0.3, 0.4) is 0 Å². The number of nitrogens with one attached hydrogen (secondary N) is 2. The molecular weight excluding hydrogens is 428 g/mol. The molecule has 8 nitrogen and oxygen atoms in total. The molecule has 1 saturated heterocycles. The van der Waals surface area contributed by atoms with E-state index in [1.807, 2.05) is 24.5 Å². The maximum Gasteiger partial charge on any atom is 0.270 e. The Morgan fingerprint density at radius 1 is 1.16 bits per heavy atom. The van der Waals surface area contributed by atoms with Gasteiger partial charge in [0.15, 0.2) is 0 Å². The molecule has 0 radical (unpaired) electrons. The van der Waals surface area contributed by atoms with Gasteiger partial charge in [-0.3, -0.25) is 19.7 Å². The number of nitro benzene ring substituents is 1. The molecule has 2 aromatic carbocycles. The van der Waals surface area contributed by atoms with Crippen LogP contribution in [-0.2, 0) is 11.3 Å². The van der Waals surface area contributed by atoms with Crippen molar-refractivity contribution in [2.45, 2.75) is 31.8 Å². The Hall–Kier alpha value is -3.07. The smallest absolute Gasteiger partial charge is 0.270 e. The van der Waals surface area contributed by atoms with E-state index in [2.05, 4.69) is 21.6 Å². The number of thioether (sulfide) groups is 1. The fourth-order valence-corrected chi connectivity index (χ4v) is 4.21. The summed E-state index contributed by atoms with van der Waals surface area (Å²) in [6.07, 6.45) is 4.73. The Balaban J connectivity index is 1.67. The third-order valence-corrected chi connectivity index (χ3v) is 6.09. The van der Waals surface area contributed by atoms with Gasteiger partial charge in [0.25, 0.3) is 11.6 Å². The Labute approximate surface area is 191 Å². The molecule has 0 aromatic heterocycles. The highest BCUT2D eigenvalue weighted by atomic mass is 32.2. The molecule has 170 valence electrons. The van der Waals surface area contributed by atoms with Crippen molar-refractivity contribution in [3.8, 4) is 0 Å². The van der Waals surface area contributed by atoms with Gasteiger partial charge in [0.1, 0.15) is 6.04 Å². The van der Waals surface area contributed by atoms with Gasteiger partial charge in [-0.25, -0.2) is 0 Å². The predicted octanol–water partition coefficient (Wildman–Crippen LogP) is 3.36. The van der Waals surface area contributed by atoms with E-state index in [4.69, 9.17) is 0 Å². The van der Waals surface area contributed by atoms with E-state index >= 15 is 0 Å². The number of carbonyl (C=O) groups excluding carboxylic acids is 2. The van der Waals surface area contributed by atoms with E-state index in [1.54, 1.807) is 11.8 Å². The number of anilines is 1. The van der Waals surface area contributed by atoms with Crippen LogP contribution in [0.25, 0.3) is 0 Å². The van der Waals surface area contributed by atoms with Crippen molar-refractivity contribution >= 4 is 35.0 Å². The number of hydrogen-bond donors (Lipinski definition) is 2. The first kappa shape index (κ1) is 23.6. The SMILES string of the molecule is CSCCC(NC(=O)c1cccc([N+](=O)[O-])c1)C(=O)NCc1ccccc1N1CCCC1. The van der Waals surface area contributed by atoms with E-state index < -0.39 is 16.9 Å². The third-order valence-electron chi connectivity index (χ3n) is 5.44. The first-order chi connectivity index (χ1) is 15.5. The number of carbonyl (C=O) groups is 2. The van der Waals surface area contributed by atoms with Gasteiger partial charge in [-0.2, -0.15) is 11.8 Å². The summed E-state index contributed by atoms with van der Waals surface area (Å²) >= 11 is 1.58. The molecule has 9 heteroatoms. The predicted molar refractivity (Wildman–Crippen MR) is 127 cm³/mol. The maximum absolute atomic E-state index is 12.9. The van der Waals surface area contributed by atoms with Crippen LogP contribution in [0.15, 0.2) is 48.5 Å². The number of hydrogen-bond acceptors (Lipinski definition) is 6. The van der Waals surface area contributed by atoms with Gasteiger partial charge in [-0.1, -0.05) is 24.3 Å². The van der Waals surface area contributed by atoms with E-state index in [0.29, 0.717) is 18.7 Å². The second-order valence-corrected chi connectivity index (χ2v) is 8.64. The summed E-state index contributed by atoms with van der Waals surface area (Å²) in [4.78, 5) is 38.4. The summed E-state index contributed by atoms with van der Waals surface area (Å²) in [5.74, 6) is -0.0843. The fourth-order valence-electron chi connectivity index (χ4n) is 3.74. The number of para-hydroxylation sites is 1. The van der Waals surface area contributed by atoms with Gasteiger partial charge < -0.3 is 15.5 Å². The van der Waals surface area contributed by atoms with Crippen LogP contribution in [-0.4, -0.2) is 47.9 Å². The van der Waals surface area contributed by atoms with E-state index in [9.17, 15) is 19.7 Å². The lowest BCUT2D eigenvalue weighted by Crippen LogP contribution is -2.47. The molecule has 0 aliphatic carbocycles. The molecular formula is C23H28N4O4S. The van der Waals surface area contributed by atoms with Crippen LogP contribution in [0.5, 0.6) is 0 Å². The Kier molecular flexibility index (Phi) is 8.49. The second kappa shape index (κ2) is 11.5. The van der Waals surface area contributed by atoms with Crippen molar-refractivity contribution in [3.63, 3.8) is 0 Å². The highest BCUT2D eigenvalue weighted by Gasteiger charge is 2.23. The van der Waals surface area contributed by atoms with Crippen molar-refractivity contribution in [1.29, 1.82) is 0 Å². The van der Waals surface area contributed by atoms with Gasteiger partial charge in [-0.05, 0) is 49.0 Å². The number of amides is 2. The van der Waals surface area contributed by atoms with Crippen molar-refractivity contribution in [2.75, 3.05) is 30.0 Å². The molecule has 1 unspecified atom stereocenters. The van der Waals surface area contributed by atoms with Gasteiger partial charge in [0.2, 0.25) is 5.91 Å². The number of non-ortho nitro benzene ring substituents is 1. The summed E-state index contributed by atoms with van der Waals surface area (Å²) in [6.45, 7) is 2.40. The van der Waals surface area contributed by atoms with E-state index in [1.165, 1.54) is 37.1 Å². The van der Waals surface area contributed by atoms with Crippen LogP contribution in [0.1, 0.15) is 35.2 Å². The fraction of sp³-hybridized carbons (Fsp3) is 0.391. The lowest BCUT2D eigenvalue weighted by Gasteiger charge is -2.23. The highest BCUT2D eigenvalue weighted by Crippen LogP contribution is 2.24. The molecule has 3 rings (SSSR count). The standard InChI is InChI=1S/C23H28N4O4S/c1-32-14-11-20(25-22(28)17-8-6-9-19(15-17)27(30)31)23(29)24-16-18-7-2-3-10-21(18)26-12-4-5-13-26/h2-3,6-10,15,20H,4-5,11-14,16H2,1H3,(H,24,29)(H,25,28). The number of rotatable bonds is 10. The number of benzene rings is 2. The zero-order valence-corrected chi connectivity index (χ0v) is 18.9. The lowest BCUT2D eigenvalue weighted by atomic mass is 10.1. The molecule has 2 N–H and O–H groups in total. The zero-order valence-electron chi connectivity index (χ0n) is 18.1. The van der Waals surface area contributed by atoms with E-state index in [0.717, 1.165) is 24.3 Å². The second-order valence-electron chi connectivity index (χ2n) is 7.66. The van der Waals surface area contributed by atoms with Crippen LogP contribution >= 0.6 is 11.8 Å². The molecule has 1 aliphatic heterocycles. The van der Waals surface area contributed by atoms with Crippen LogP contribution < -0.4 is 15.5 Å². The van der Waals surface area contributed by atoms with Crippen LogP contribution in [0.4, 0.5) is 11.4 Å². The zero-order chi connectivity index (χ0) is 22.9. The molecule has 2 amide bonds. The summed E-state index contributed by atoms with van der Waals surface area (Å²) in [7, 11) is 0.